The van der Waals surface area contributed by atoms with E-state index in [9.17, 15) is 14.4 Å². The lowest BCUT2D eigenvalue weighted by Crippen LogP contribution is -2.37. The molecule has 0 aliphatic heterocycles. The van der Waals surface area contributed by atoms with Crippen molar-refractivity contribution in [1.29, 1.82) is 0 Å². The quantitative estimate of drug-likeness (QED) is 0.367. The fraction of sp³-hybridized carbons (Fsp3) is 0.167. The average Bonchev–Trinajstić information content (AvgIpc) is 2.89. The molecular formula is C30H29N3O3. The summed E-state index contributed by atoms with van der Waals surface area (Å²) in [6.45, 7) is 3.90. The largest absolute Gasteiger partial charge is 0.349 e. The van der Waals surface area contributed by atoms with Gasteiger partial charge in [0, 0.05) is 29.2 Å². The minimum Gasteiger partial charge on any atom is -0.349 e. The Hall–Kier alpha value is -4.45. The third-order valence-electron chi connectivity index (χ3n) is 6.00. The number of aryl methyl sites for hydroxylation is 2. The fourth-order valence-corrected chi connectivity index (χ4v) is 3.89. The zero-order valence-electron chi connectivity index (χ0n) is 20.4. The summed E-state index contributed by atoms with van der Waals surface area (Å²) in [7, 11) is 0. The third kappa shape index (κ3) is 6.16. The van der Waals surface area contributed by atoms with E-state index in [2.05, 4.69) is 22.8 Å². The van der Waals surface area contributed by atoms with Crippen LogP contribution in [0, 0.1) is 6.92 Å². The van der Waals surface area contributed by atoms with Gasteiger partial charge in [-0.1, -0.05) is 48.0 Å². The van der Waals surface area contributed by atoms with Crippen molar-refractivity contribution in [2.45, 2.75) is 32.7 Å². The number of anilines is 1. The molecule has 1 heterocycles. The van der Waals surface area contributed by atoms with Gasteiger partial charge in [-0.3, -0.25) is 19.0 Å². The Morgan fingerprint density at radius 1 is 0.833 bits per heavy atom. The number of nitrogens with one attached hydrogen (secondary N) is 2. The Morgan fingerprint density at radius 2 is 1.53 bits per heavy atom. The topological polar surface area (TPSA) is 80.2 Å². The maximum absolute atomic E-state index is 13.1. The highest BCUT2D eigenvalue weighted by atomic mass is 16.2. The molecular weight excluding hydrogens is 450 g/mol. The van der Waals surface area contributed by atoms with Crippen LogP contribution in [-0.2, 0) is 6.42 Å². The summed E-state index contributed by atoms with van der Waals surface area (Å²) in [4.78, 5) is 38.4. The van der Waals surface area contributed by atoms with Crippen LogP contribution in [0.15, 0.2) is 102 Å². The number of aromatic nitrogens is 1. The summed E-state index contributed by atoms with van der Waals surface area (Å²) in [6.07, 6.45) is 3.23. The monoisotopic (exact) mass is 479 g/mol. The molecule has 2 amide bonds. The van der Waals surface area contributed by atoms with Gasteiger partial charge in [0.2, 0.25) is 0 Å². The SMILES string of the molecule is Cc1ccc(C(=O)Nc2ccc(-n3cccc(C(=O)NC(C)CCc4ccccc4)c3=O)cc2)cc1. The molecule has 0 fully saturated rings. The second-order valence-corrected chi connectivity index (χ2v) is 8.86. The second-order valence-electron chi connectivity index (χ2n) is 8.86. The minimum absolute atomic E-state index is 0.0813. The highest BCUT2D eigenvalue weighted by molar-refractivity contribution is 6.04. The lowest BCUT2D eigenvalue weighted by Gasteiger charge is -2.15. The zero-order chi connectivity index (χ0) is 25.5. The highest BCUT2D eigenvalue weighted by Gasteiger charge is 2.15. The Morgan fingerprint density at radius 3 is 2.22 bits per heavy atom. The zero-order valence-corrected chi connectivity index (χ0v) is 20.4. The first kappa shape index (κ1) is 24.7. The van der Waals surface area contributed by atoms with E-state index >= 15 is 0 Å². The second kappa shape index (κ2) is 11.3. The number of rotatable bonds is 8. The maximum atomic E-state index is 13.1. The van der Waals surface area contributed by atoms with E-state index in [-0.39, 0.29) is 17.5 Å². The Kier molecular flexibility index (Phi) is 7.75. The van der Waals surface area contributed by atoms with Crippen LogP contribution in [0.25, 0.3) is 5.69 Å². The molecule has 2 N–H and O–H groups in total. The van der Waals surface area contributed by atoms with Crippen molar-refractivity contribution in [2.24, 2.45) is 0 Å². The van der Waals surface area contributed by atoms with E-state index < -0.39 is 11.5 Å². The van der Waals surface area contributed by atoms with Gasteiger partial charge in [0.05, 0.1) is 0 Å². The first-order valence-electron chi connectivity index (χ1n) is 12.0. The molecule has 182 valence electrons. The van der Waals surface area contributed by atoms with Crippen molar-refractivity contribution in [3.05, 3.63) is 130 Å². The van der Waals surface area contributed by atoms with E-state index in [1.165, 1.54) is 16.2 Å². The number of carbonyl (C=O) groups excluding carboxylic acids is 2. The van der Waals surface area contributed by atoms with Crippen molar-refractivity contribution in [3.63, 3.8) is 0 Å². The Balaban J connectivity index is 1.42. The molecule has 3 aromatic carbocycles. The van der Waals surface area contributed by atoms with Crippen molar-refractivity contribution < 1.29 is 9.59 Å². The van der Waals surface area contributed by atoms with Crippen LogP contribution >= 0.6 is 0 Å². The molecule has 0 bridgehead atoms. The number of amides is 2. The molecule has 36 heavy (non-hydrogen) atoms. The van der Waals surface area contributed by atoms with Crippen molar-refractivity contribution in [1.82, 2.24) is 9.88 Å². The molecule has 0 aliphatic carbocycles. The summed E-state index contributed by atoms with van der Waals surface area (Å²) >= 11 is 0. The Labute approximate surface area is 210 Å². The van der Waals surface area contributed by atoms with Crippen molar-refractivity contribution in [2.75, 3.05) is 5.32 Å². The number of hydrogen-bond donors (Lipinski definition) is 2. The molecule has 0 spiro atoms. The van der Waals surface area contributed by atoms with Gasteiger partial charge in [0.15, 0.2) is 0 Å². The number of benzene rings is 3. The van der Waals surface area contributed by atoms with Gasteiger partial charge in [0.1, 0.15) is 5.56 Å². The highest BCUT2D eigenvalue weighted by Crippen LogP contribution is 2.14. The average molecular weight is 480 g/mol. The number of hydrogen-bond acceptors (Lipinski definition) is 3. The van der Waals surface area contributed by atoms with Crippen LogP contribution in [0.2, 0.25) is 0 Å². The molecule has 6 nitrogen and oxygen atoms in total. The molecule has 6 heteroatoms. The summed E-state index contributed by atoms with van der Waals surface area (Å²) in [6, 6.07) is 27.5. The molecule has 0 aliphatic rings. The first-order valence-corrected chi connectivity index (χ1v) is 12.0. The third-order valence-corrected chi connectivity index (χ3v) is 6.00. The van der Waals surface area contributed by atoms with Crippen molar-refractivity contribution >= 4 is 17.5 Å². The predicted molar refractivity (Wildman–Crippen MR) is 143 cm³/mol. The predicted octanol–water partition coefficient (Wildman–Crippen LogP) is 5.15. The van der Waals surface area contributed by atoms with E-state index in [0.717, 1.165) is 18.4 Å². The van der Waals surface area contributed by atoms with Crippen LogP contribution in [0.3, 0.4) is 0 Å². The first-order chi connectivity index (χ1) is 17.4. The minimum atomic E-state index is -0.401. The summed E-state index contributed by atoms with van der Waals surface area (Å²) < 4.78 is 1.43. The molecule has 0 saturated heterocycles. The van der Waals surface area contributed by atoms with E-state index in [4.69, 9.17) is 0 Å². The van der Waals surface area contributed by atoms with Crippen LogP contribution in [-0.4, -0.2) is 22.4 Å². The summed E-state index contributed by atoms with van der Waals surface area (Å²) in [5, 5.41) is 5.79. The molecule has 4 aromatic rings. The van der Waals surface area contributed by atoms with Crippen LogP contribution in [0.4, 0.5) is 5.69 Å². The Bertz CT molecular complexity index is 1390. The molecule has 4 rings (SSSR count). The van der Waals surface area contributed by atoms with Gasteiger partial charge in [0.25, 0.3) is 17.4 Å². The van der Waals surface area contributed by atoms with Crippen molar-refractivity contribution in [3.8, 4) is 5.69 Å². The van der Waals surface area contributed by atoms with Crippen LogP contribution < -0.4 is 16.2 Å². The van der Waals surface area contributed by atoms with Crippen LogP contribution in [0.1, 0.15) is 45.2 Å². The lowest BCUT2D eigenvalue weighted by molar-refractivity contribution is 0.0936. The normalized spacial score (nSPS) is 11.5. The smallest absolute Gasteiger partial charge is 0.267 e. The van der Waals surface area contributed by atoms with Gasteiger partial charge in [-0.25, -0.2) is 0 Å². The van der Waals surface area contributed by atoms with Gasteiger partial charge < -0.3 is 10.6 Å². The number of carbonyl (C=O) groups is 2. The lowest BCUT2D eigenvalue weighted by atomic mass is 10.1. The van der Waals surface area contributed by atoms with Gasteiger partial charge in [-0.2, -0.15) is 0 Å². The maximum Gasteiger partial charge on any atom is 0.267 e. The van der Waals surface area contributed by atoms with E-state index in [1.54, 1.807) is 48.7 Å². The molecule has 1 atom stereocenters. The number of pyridine rings is 1. The number of nitrogens with zero attached hydrogens (tertiary/aromatic N) is 1. The summed E-state index contributed by atoms with van der Waals surface area (Å²) in [5.74, 6) is -0.600. The standard InChI is InChI=1S/C30H29N3O3/c1-21-10-14-24(15-11-21)28(34)32-25-16-18-26(19-17-25)33-20-6-9-27(30(33)36)29(35)31-22(2)12-13-23-7-4-3-5-8-23/h3-11,14-20,22H,12-13H2,1-2H3,(H,31,35)(H,32,34). The van der Waals surface area contributed by atoms with Crippen LogP contribution in [0.5, 0.6) is 0 Å². The molecule has 1 aromatic heterocycles. The van der Waals surface area contributed by atoms with Gasteiger partial charge in [-0.05, 0) is 80.8 Å². The fourth-order valence-electron chi connectivity index (χ4n) is 3.89. The molecule has 1 unspecified atom stereocenters. The summed E-state index contributed by atoms with van der Waals surface area (Å²) in [5.41, 5.74) is 3.75. The molecule has 0 radical (unpaired) electrons. The van der Waals surface area contributed by atoms with E-state index in [1.807, 2.05) is 44.2 Å². The molecule has 0 saturated carbocycles. The van der Waals surface area contributed by atoms with Gasteiger partial charge >= 0.3 is 0 Å². The van der Waals surface area contributed by atoms with E-state index in [0.29, 0.717) is 16.9 Å². The van der Waals surface area contributed by atoms with Gasteiger partial charge in [-0.15, -0.1) is 0 Å².